The maximum Gasteiger partial charge on any atom is 0.335 e. The van der Waals surface area contributed by atoms with E-state index in [1.165, 1.54) is 28.6 Å². The quantitative estimate of drug-likeness (QED) is 0.819. The van der Waals surface area contributed by atoms with E-state index >= 15 is 0 Å². The molecule has 0 aliphatic carbocycles. The summed E-state index contributed by atoms with van der Waals surface area (Å²) in [4.78, 5) is 23.5. The van der Waals surface area contributed by atoms with Crippen LogP contribution in [-0.4, -0.2) is 42.8 Å². The van der Waals surface area contributed by atoms with Crippen molar-refractivity contribution in [3.8, 4) is 0 Å². The number of hydrogen-bond donors (Lipinski definition) is 2. The monoisotopic (exact) mass is 388 g/mol. The van der Waals surface area contributed by atoms with Gasteiger partial charge in [0.15, 0.2) is 0 Å². The first-order valence-corrected chi connectivity index (χ1v) is 10.0. The molecule has 1 aliphatic heterocycles. The minimum atomic E-state index is -3.54. The van der Waals surface area contributed by atoms with E-state index in [0.717, 1.165) is 0 Å². The molecule has 3 rings (SSSR count). The fraction of sp³-hybridized carbons (Fsp3) is 0.263. The molecule has 1 saturated heterocycles. The number of amides is 1. The van der Waals surface area contributed by atoms with Gasteiger partial charge < -0.3 is 10.4 Å². The summed E-state index contributed by atoms with van der Waals surface area (Å²) >= 11 is 0. The molecule has 1 heterocycles. The number of benzene rings is 2. The van der Waals surface area contributed by atoms with Crippen molar-refractivity contribution in [1.82, 2.24) is 4.31 Å². The first-order chi connectivity index (χ1) is 12.9. The van der Waals surface area contributed by atoms with Crippen LogP contribution in [0.4, 0.5) is 5.69 Å². The molecular formula is C19H20N2O5S. The molecular weight excluding hydrogens is 368 g/mol. The number of piperidine rings is 1. The van der Waals surface area contributed by atoms with Crippen molar-refractivity contribution >= 4 is 27.6 Å². The van der Waals surface area contributed by atoms with Gasteiger partial charge in [-0.2, -0.15) is 4.31 Å². The van der Waals surface area contributed by atoms with Crippen LogP contribution in [0, 0.1) is 5.92 Å². The van der Waals surface area contributed by atoms with Gasteiger partial charge in [0.1, 0.15) is 0 Å². The molecule has 0 bridgehead atoms. The second-order valence-corrected chi connectivity index (χ2v) is 8.30. The van der Waals surface area contributed by atoms with Crippen LogP contribution < -0.4 is 5.32 Å². The number of aromatic carboxylic acids is 1. The minimum absolute atomic E-state index is 0.146. The van der Waals surface area contributed by atoms with Crippen LogP contribution in [-0.2, 0) is 14.8 Å². The lowest BCUT2D eigenvalue weighted by molar-refractivity contribution is -0.120. The molecule has 8 heteroatoms. The summed E-state index contributed by atoms with van der Waals surface area (Å²) in [6.07, 6.45) is 0.871. The molecule has 1 amide bonds. The van der Waals surface area contributed by atoms with Crippen LogP contribution in [0.25, 0.3) is 0 Å². The molecule has 142 valence electrons. The van der Waals surface area contributed by atoms with Gasteiger partial charge in [0.25, 0.3) is 0 Å². The number of nitrogens with zero attached hydrogens (tertiary/aromatic N) is 1. The Labute approximate surface area is 157 Å². The standard InChI is InChI=1S/C19H20N2O5S/c22-18(20-16-8-6-15(7-9-16)19(23)24)14-10-12-21(13-11-14)27(25,26)17-4-2-1-3-5-17/h1-9,14H,10-13H2,(H,20,22)(H,23,24). The summed E-state index contributed by atoms with van der Waals surface area (Å²) in [5.41, 5.74) is 0.664. The summed E-state index contributed by atoms with van der Waals surface area (Å²) in [5, 5.41) is 11.7. The Morgan fingerprint density at radius 1 is 0.963 bits per heavy atom. The van der Waals surface area contributed by atoms with Crippen LogP contribution in [0.15, 0.2) is 59.5 Å². The summed E-state index contributed by atoms with van der Waals surface area (Å²) in [5.74, 6) is -1.50. The normalized spacial score (nSPS) is 16.0. The van der Waals surface area contributed by atoms with Crippen LogP contribution in [0.5, 0.6) is 0 Å². The van der Waals surface area contributed by atoms with E-state index in [2.05, 4.69) is 5.32 Å². The van der Waals surface area contributed by atoms with Gasteiger partial charge in [-0.1, -0.05) is 18.2 Å². The third-order valence-corrected chi connectivity index (χ3v) is 6.52. The lowest BCUT2D eigenvalue weighted by Crippen LogP contribution is -2.41. The molecule has 0 atom stereocenters. The molecule has 0 aromatic heterocycles. The van der Waals surface area contributed by atoms with Crippen molar-refractivity contribution in [3.63, 3.8) is 0 Å². The molecule has 2 aromatic carbocycles. The van der Waals surface area contributed by atoms with Crippen LogP contribution in [0.1, 0.15) is 23.2 Å². The van der Waals surface area contributed by atoms with Crippen molar-refractivity contribution in [1.29, 1.82) is 0 Å². The topological polar surface area (TPSA) is 104 Å². The number of carboxylic acid groups (broad SMARTS) is 1. The van der Waals surface area contributed by atoms with Crippen molar-refractivity contribution in [2.75, 3.05) is 18.4 Å². The predicted molar refractivity (Wildman–Crippen MR) is 100.0 cm³/mol. The van der Waals surface area contributed by atoms with Gasteiger partial charge >= 0.3 is 5.97 Å². The number of rotatable bonds is 5. The summed E-state index contributed by atoms with van der Waals surface area (Å²) < 4.78 is 26.6. The van der Waals surface area contributed by atoms with Crippen molar-refractivity contribution in [2.45, 2.75) is 17.7 Å². The molecule has 1 fully saturated rings. The number of hydrogen-bond acceptors (Lipinski definition) is 4. The smallest absolute Gasteiger partial charge is 0.335 e. The molecule has 7 nitrogen and oxygen atoms in total. The number of sulfonamides is 1. The van der Waals surface area contributed by atoms with Crippen molar-refractivity contribution in [2.24, 2.45) is 5.92 Å². The van der Waals surface area contributed by atoms with Gasteiger partial charge in [0.2, 0.25) is 15.9 Å². The number of anilines is 1. The number of nitrogens with one attached hydrogen (secondary N) is 1. The Morgan fingerprint density at radius 3 is 2.11 bits per heavy atom. The number of carboxylic acids is 1. The van der Waals surface area contributed by atoms with Gasteiger partial charge in [0.05, 0.1) is 10.5 Å². The fourth-order valence-electron chi connectivity index (χ4n) is 3.04. The van der Waals surface area contributed by atoms with Gasteiger partial charge in [-0.25, -0.2) is 13.2 Å². The third-order valence-electron chi connectivity index (χ3n) is 4.61. The molecule has 2 N–H and O–H groups in total. The summed E-state index contributed by atoms with van der Waals surface area (Å²) in [7, 11) is -3.54. The van der Waals surface area contributed by atoms with E-state index in [4.69, 9.17) is 5.11 Å². The van der Waals surface area contributed by atoms with E-state index in [1.807, 2.05) is 0 Å². The van der Waals surface area contributed by atoms with Crippen molar-refractivity contribution in [3.05, 3.63) is 60.2 Å². The molecule has 1 aliphatic rings. The second kappa shape index (κ2) is 7.89. The largest absolute Gasteiger partial charge is 0.478 e. The highest BCUT2D eigenvalue weighted by molar-refractivity contribution is 7.89. The van der Waals surface area contributed by atoms with Crippen LogP contribution in [0.2, 0.25) is 0 Å². The zero-order valence-corrected chi connectivity index (χ0v) is 15.4. The molecule has 0 spiro atoms. The predicted octanol–water partition coefficient (Wildman–Crippen LogP) is 2.42. The SMILES string of the molecule is O=C(O)c1ccc(NC(=O)C2CCN(S(=O)(=O)c3ccccc3)CC2)cc1. The van der Waals surface area contributed by atoms with E-state index in [-0.39, 0.29) is 35.4 Å². The number of carbonyl (C=O) groups is 2. The number of carbonyl (C=O) groups excluding carboxylic acids is 1. The highest BCUT2D eigenvalue weighted by Crippen LogP contribution is 2.25. The second-order valence-electron chi connectivity index (χ2n) is 6.36. The van der Waals surface area contributed by atoms with Gasteiger partial charge in [-0.05, 0) is 49.2 Å². The first kappa shape index (κ1) is 19.1. The average Bonchev–Trinajstić information content (AvgIpc) is 2.69. The Hall–Kier alpha value is -2.71. The molecule has 0 unspecified atom stereocenters. The maximum atomic E-state index is 12.6. The summed E-state index contributed by atoms with van der Waals surface area (Å²) in [6.45, 7) is 0.570. The lowest BCUT2D eigenvalue weighted by Gasteiger charge is -2.30. The first-order valence-electron chi connectivity index (χ1n) is 8.57. The van der Waals surface area contributed by atoms with E-state index in [9.17, 15) is 18.0 Å². The Morgan fingerprint density at radius 2 is 1.56 bits per heavy atom. The van der Waals surface area contributed by atoms with E-state index in [0.29, 0.717) is 18.5 Å². The highest BCUT2D eigenvalue weighted by atomic mass is 32.2. The average molecular weight is 388 g/mol. The molecule has 0 radical (unpaired) electrons. The van der Waals surface area contributed by atoms with Crippen LogP contribution >= 0.6 is 0 Å². The molecule has 27 heavy (non-hydrogen) atoms. The zero-order valence-electron chi connectivity index (χ0n) is 14.5. The molecule has 2 aromatic rings. The van der Waals surface area contributed by atoms with E-state index in [1.54, 1.807) is 30.3 Å². The van der Waals surface area contributed by atoms with Gasteiger partial charge in [-0.3, -0.25) is 4.79 Å². The third kappa shape index (κ3) is 4.35. The highest BCUT2D eigenvalue weighted by Gasteiger charge is 2.32. The van der Waals surface area contributed by atoms with Crippen molar-refractivity contribution < 1.29 is 23.1 Å². The Bertz CT molecular complexity index is 918. The Balaban J connectivity index is 1.58. The fourth-order valence-corrected chi connectivity index (χ4v) is 4.53. The maximum absolute atomic E-state index is 12.6. The van der Waals surface area contributed by atoms with E-state index < -0.39 is 16.0 Å². The zero-order chi connectivity index (χ0) is 19.4. The minimum Gasteiger partial charge on any atom is -0.478 e. The summed E-state index contributed by atoms with van der Waals surface area (Å²) in [6, 6.07) is 14.2. The lowest BCUT2D eigenvalue weighted by atomic mass is 9.97. The van der Waals surface area contributed by atoms with Crippen LogP contribution in [0.3, 0.4) is 0 Å². The Kier molecular flexibility index (Phi) is 5.57. The molecule has 0 saturated carbocycles. The van der Waals surface area contributed by atoms with Gasteiger partial charge in [-0.15, -0.1) is 0 Å². The van der Waals surface area contributed by atoms with Gasteiger partial charge in [0, 0.05) is 24.7 Å².